The highest BCUT2D eigenvalue weighted by atomic mass is 16.6. The maximum atomic E-state index is 12.6. The van der Waals surface area contributed by atoms with Crippen LogP contribution in [0.4, 0.5) is 11.6 Å². The number of nitrogens with two attached hydrogens (primary N) is 1. The van der Waals surface area contributed by atoms with Crippen LogP contribution >= 0.6 is 0 Å². The average Bonchev–Trinajstić information content (AvgIpc) is 3.11. The lowest BCUT2D eigenvalue weighted by Crippen LogP contribution is -2.35. The summed E-state index contributed by atoms with van der Waals surface area (Å²) in [5.41, 5.74) is 8.35. The number of hydrogen-bond acceptors (Lipinski definition) is 7. The molecule has 27 heavy (non-hydrogen) atoms. The van der Waals surface area contributed by atoms with Crippen LogP contribution in [0.15, 0.2) is 45.6 Å². The zero-order chi connectivity index (χ0) is 19.0. The molecular weight excluding hydrogens is 350 g/mol. The molecule has 4 rings (SSSR count). The third-order valence-corrected chi connectivity index (χ3v) is 4.54. The molecule has 9 heteroatoms. The van der Waals surface area contributed by atoms with Gasteiger partial charge in [0.05, 0.1) is 23.9 Å². The van der Waals surface area contributed by atoms with Crippen LogP contribution in [0.25, 0.3) is 11.4 Å². The summed E-state index contributed by atoms with van der Waals surface area (Å²) in [6.07, 6.45) is 0.615. The van der Waals surface area contributed by atoms with E-state index < -0.39 is 4.92 Å². The highest BCUT2D eigenvalue weighted by molar-refractivity contribution is 5.58. The number of anilines is 1. The minimum absolute atomic E-state index is 0.179. The Labute approximate surface area is 153 Å². The molecule has 0 fully saturated rings. The fourth-order valence-corrected chi connectivity index (χ4v) is 3.16. The molecule has 0 atom stereocenters. The molecule has 0 unspecified atom stereocenters. The van der Waals surface area contributed by atoms with Crippen molar-refractivity contribution in [3.63, 3.8) is 0 Å². The predicted octanol–water partition coefficient (Wildman–Crippen LogP) is 2.08. The predicted molar refractivity (Wildman–Crippen MR) is 97.9 cm³/mol. The van der Waals surface area contributed by atoms with Gasteiger partial charge in [-0.2, -0.15) is 0 Å². The van der Waals surface area contributed by atoms with Crippen LogP contribution in [-0.4, -0.2) is 26.3 Å². The average molecular weight is 367 g/mol. The van der Waals surface area contributed by atoms with E-state index in [4.69, 9.17) is 10.2 Å². The van der Waals surface area contributed by atoms with E-state index in [-0.39, 0.29) is 11.4 Å². The number of hydrogen-bond donors (Lipinski definition) is 2. The lowest BCUT2D eigenvalue weighted by molar-refractivity contribution is -0.402. The van der Waals surface area contributed by atoms with Gasteiger partial charge >= 0.3 is 5.88 Å². The first-order valence-electron chi connectivity index (χ1n) is 8.43. The summed E-state index contributed by atoms with van der Waals surface area (Å²) in [6, 6.07) is 10.1. The van der Waals surface area contributed by atoms with E-state index in [2.05, 4.69) is 9.97 Å². The number of aromatic nitrogens is 2. The van der Waals surface area contributed by atoms with E-state index in [9.17, 15) is 14.9 Å². The van der Waals surface area contributed by atoms with Gasteiger partial charge in [0.1, 0.15) is 16.5 Å². The first-order chi connectivity index (χ1) is 13.0. The summed E-state index contributed by atoms with van der Waals surface area (Å²) in [4.78, 5) is 32.1. The van der Waals surface area contributed by atoms with Gasteiger partial charge in [-0.3, -0.25) is 19.8 Å². The van der Waals surface area contributed by atoms with Gasteiger partial charge in [-0.25, -0.2) is 4.98 Å². The summed E-state index contributed by atoms with van der Waals surface area (Å²) in [6.45, 7) is 1.49. The number of nitrogen functional groups attached to an aromatic ring is 1. The summed E-state index contributed by atoms with van der Waals surface area (Å²) >= 11 is 0. The fourth-order valence-electron chi connectivity index (χ4n) is 3.16. The van der Waals surface area contributed by atoms with Gasteiger partial charge in [0.25, 0.3) is 5.56 Å². The monoisotopic (exact) mass is 367 g/mol. The summed E-state index contributed by atoms with van der Waals surface area (Å²) in [5, 5.41) is 10.7. The van der Waals surface area contributed by atoms with Crippen LogP contribution in [0.5, 0.6) is 0 Å². The Kier molecular flexibility index (Phi) is 4.21. The number of fused-ring (bicyclic) bond motifs is 1. The summed E-state index contributed by atoms with van der Waals surface area (Å²) in [7, 11) is 0. The van der Waals surface area contributed by atoms with Crippen molar-refractivity contribution in [2.75, 3.05) is 12.3 Å². The van der Waals surface area contributed by atoms with Crippen LogP contribution < -0.4 is 11.3 Å². The van der Waals surface area contributed by atoms with Crippen LogP contribution in [-0.2, 0) is 19.5 Å². The van der Waals surface area contributed by atoms with Crippen molar-refractivity contribution >= 4 is 11.6 Å². The molecule has 1 aliphatic heterocycles. The minimum Gasteiger partial charge on any atom is -0.404 e. The normalized spacial score (nSPS) is 14.1. The molecule has 1 aromatic carbocycles. The number of H-pyrrole nitrogens is 1. The molecule has 0 amide bonds. The van der Waals surface area contributed by atoms with E-state index in [0.717, 1.165) is 11.3 Å². The van der Waals surface area contributed by atoms with Gasteiger partial charge < -0.3 is 15.1 Å². The molecule has 1 aliphatic rings. The molecule has 0 bridgehead atoms. The van der Waals surface area contributed by atoms with E-state index in [0.29, 0.717) is 48.9 Å². The summed E-state index contributed by atoms with van der Waals surface area (Å²) in [5.74, 6) is 0.733. The third-order valence-electron chi connectivity index (χ3n) is 4.54. The molecule has 0 aliphatic carbocycles. The van der Waals surface area contributed by atoms with Crippen LogP contribution in [0.1, 0.15) is 17.0 Å². The SMILES string of the molecule is Nc1ccc(-c2nc3c(c(=O)[nH]2)CN(Cc2ccc([N+](=O)[O-])o2)CC3)cc1. The van der Waals surface area contributed by atoms with Crippen molar-refractivity contribution in [1.82, 2.24) is 14.9 Å². The molecule has 3 heterocycles. The molecule has 9 nitrogen and oxygen atoms in total. The standard InChI is InChI=1S/C18H17N5O4/c19-12-3-1-11(2-4-12)17-20-15-7-8-22(10-14(15)18(24)21-17)9-13-5-6-16(27-13)23(25)26/h1-6H,7-10,19H2,(H,20,21,24). The number of nitrogens with zero attached hydrogens (tertiary/aromatic N) is 3. The first-order valence-corrected chi connectivity index (χ1v) is 8.43. The van der Waals surface area contributed by atoms with Crippen LogP contribution in [0.2, 0.25) is 0 Å². The second kappa shape index (κ2) is 6.69. The number of nitro groups is 1. The molecular formula is C18H17N5O4. The lowest BCUT2D eigenvalue weighted by Gasteiger charge is -2.26. The summed E-state index contributed by atoms with van der Waals surface area (Å²) < 4.78 is 5.20. The molecule has 138 valence electrons. The van der Waals surface area contributed by atoms with Gasteiger partial charge in [-0.1, -0.05) is 0 Å². The molecule has 0 saturated heterocycles. The van der Waals surface area contributed by atoms with Crippen molar-refractivity contribution in [1.29, 1.82) is 0 Å². The topological polar surface area (TPSA) is 131 Å². The first kappa shape index (κ1) is 17.0. The lowest BCUT2D eigenvalue weighted by atomic mass is 10.1. The van der Waals surface area contributed by atoms with E-state index >= 15 is 0 Å². The van der Waals surface area contributed by atoms with Gasteiger partial charge in [0, 0.05) is 30.8 Å². The Morgan fingerprint density at radius 1 is 1.26 bits per heavy atom. The molecule has 0 saturated carbocycles. The maximum absolute atomic E-state index is 12.6. The third kappa shape index (κ3) is 3.44. The Hall–Kier alpha value is -3.46. The number of benzene rings is 1. The van der Waals surface area contributed by atoms with Gasteiger partial charge in [-0.15, -0.1) is 0 Å². The molecule has 2 aromatic heterocycles. The highest BCUT2D eigenvalue weighted by Crippen LogP contribution is 2.22. The molecule has 3 aromatic rings. The van der Waals surface area contributed by atoms with Crippen molar-refractivity contribution in [2.24, 2.45) is 0 Å². The van der Waals surface area contributed by atoms with Gasteiger partial charge in [-0.05, 0) is 30.3 Å². The van der Waals surface area contributed by atoms with Crippen molar-refractivity contribution in [3.8, 4) is 11.4 Å². The van der Waals surface area contributed by atoms with E-state index in [1.807, 2.05) is 17.0 Å². The largest absolute Gasteiger partial charge is 0.433 e. The number of furan rings is 1. The molecule has 0 radical (unpaired) electrons. The quantitative estimate of drug-likeness (QED) is 0.410. The Morgan fingerprint density at radius 3 is 2.74 bits per heavy atom. The van der Waals surface area contributed by atoms with Gasteiger partial charge in [0.2, 0.25) is 0 Å². The Bertz CT molecular complexity index is 1050. The fraction of sp³-hybridized carbons (Fsp3) is 0.222. The van der Waals surface area contributed by atoms with Gasteiger partial charge in [0.15, 0.2) is 0 Å². The zero-order valence-corrected chi connectivity index (χ0v) is 14.3. The van der Waals surface area contributed by atoms with Crippen molar-refractivity contribution in [3.05, 3.63) is 73.9 Å². The van der Waals surface area contributed by atoms with Crippen LogP contribution in [0, 0.1) is 10.1 Å². The van der Waals surface area contributed by atoms with Crippen molar-refractivity contribution in [2.45, 2.75) is 19.5 Å². The minimum atomic E-state index is -0.567. The molecule has 3 N–H and O–H groups in total. The van der Waals surface area contributed by atoms with E-state index in [1.165, 1.54) is 6.07 Å². The smallest absolute Gasteiger partial charge is 0.404 e. The van der Waals surface area contributed by atoms with E-state index in [1.54, 1.807) is 18.2 Å². The second-order valence-electron chi connectivity index (χ2n) is 6.42. The molecule has 0 spiro atoms. The Morgan fingerprint density at radius 2 is 2.04 bits per heavy atom. The maximum Gasteiger partial charge on any atom is 0.433 e. The Balaban J connectivity index is 1.55. The van der Waals surface area contributed by atoms with Crippen molar-refractivity contribution < 1.29 is 9.34 Å². The highest BCUT2D eigenvalue weighted by Gasteiger charge is 2.23. The number of nitrogens with one attached hydrogen (secondary N) is 1. The number of aromatic amines is 1. The van der Waals surface area contributed by atoms with Crippen LogP contribution in [0.3, 0.4) is 0 Å². The number of rotatable bonds is 4. The second-order valence-corrected chi connectivity index (χ2v) is 6.42. The zero-order valence-electron chi connectivity index (χ0n) is 14.3.